The molecule has 2 aromatic rings. The van der Waals surface area contributed by atoms with Crippen molar-refractivity contribution in [2.45, 2.75) is 6.92 Å². The van der Waals surface area contributed by atoms with Gasteiger partial charge in [-0.1, -0.05) is 6.07 Å². The van der Waals surface area contributed by atoms with E-state index in [0.717, 1.165) is 6.07 Å². The minimum atomic E-state index is -0.687. The molecule has 0 aromatic heterocycles. The number of carbonyl (C=O) groups is 1. The first-order chi connectivity index (χ1) is 8.49. The van der Waals surface area contributed by atoms with Crippen LogP contribution >= 0.6 is 0 Å². The van der Waals surface area contributed by atoms with E-state index >= 15 is 0 Å². The number of anilines is 1. The molecule has 2 N–H and O–H groups in total. The summed E-state index contributed by atoms with van der Waals surface area (Å²) in [5.74, 6) is -1.86. The molecule has 0 amide bonds. The second kappa shape index (κ2) is 4.56. The molecule has 0 fully saturated rings. The Bertz CT molecular complexity index is 623. The lowest BCUT2D eigenvalue weighted by Crippen LogP contribution is -2.05. The van der Waals surface area contributed by atoms with Gasteiger partial charge in [0.1, 0.15) is 11.6 Å². The van der Waals surface area contributed by atoms with Gasteiger partial charge in [-0.05, 0) is 42.8 Å². The minimum Gasteiger partial charge on any atom is -0.396 e. The van der Waals surface area contributed by atoms with Crippen molar-refractivity contribution >= 4 is 11.5 Å². The standard InChI is InChI=1S/C14H11F2NO/c1-8-2-4-10(11(15)6-8)14(18)9-3-5-13(17)12(16)7-9/h2-7H,17H2,1H3. The first-order valence-corrected chi connectivity index (χ1v) is 5.35. The highest BCUT2D eigenvalue weighted by Gasteiger charge is 2.15. The van der Waals surface area contributed by atoms with Gasteiger partial charge >= 0.3 is 0 Å². The van der Waals surface area contributed by atoms with Crippen LogP contribution in [-0.4, -0.2) is 5.78 Å². The number of nitrogen functional groups attached to an aromatic ring is 1. The second-order valence-electron chi connectivity index (χ2n) is 4.05. The van der Waals surface area contributed by atoms with Gasteiger partial charge in [-0.15, -0.1) is 0 Å². The number of hydrogen-bond acceptors (Lipinski definition) is 2. The Morgan fingerprint density at radius 2 is 1.78 bits per heavy atom. The van der Waals surface area contributed by atoms with Gasteiger partial charge in [0, 0.05) is 5.56 Å². The van der Waals surface area contributed by atoms with Crippen molar-refractivity contribution in [1.29, 1.82) is 0 Å². The van der Waals surface area contributed by atoms with Crippen LogP contribution in [0.5, 0.6) is 0 Å². The zero-order valence-electron chi connectivity index (χ0n) is 9.71. The number of nitrogens with two attached hydrogens (primary N) is 1. The third-order valence-electron chi connectivity index (χ3n) is 2.63. The Balaban J connectivity index is 2.44. The van der Waals surface area contributed by atoms with Crippen molar-refractivity contribution in [1.82, 2.24) is 0 Å². The minimum absolute atomic E-state index is 0.0454. The summed E-state index contributed by atoms with van der Waals surface area (Å²) in [5.41, 5.74) is 5.98. The van der Waals surface area contributed by atoms with E-state index in [2.05, 4.69) is 0 Å². The van der Waals surface area contributed by atoms with Crippen molar-refractivity contribution in [3.8, 4) is 0 Å². The molecular formula is C14H11F2NO. The monoisotopic (exact) mass is 247 g/mol. The van der Waals surface area contributed by atoms with Gasteiger partial charge in [-0.25, -0.2) is 8.78 Å². The molecule has 0 saturated heterocycles. The lowest BCUT2D eigenvalue weighted by atomic mass is 10.0. The molecule has 0 unspecified atom stereocenters. The summed E-state index contributed by atoms with van der Waals surface area (Å²) in [5, 5.41) is 0. The summed E-state index contributed by atoms with van der Waals surface area (Å²) in [6.07, 6.45) is 0. The van der Waals surface area contributed by atoms with Gasteiger partial charge < -0.3 is 5.73 Å². The van der Waals surface area contributed by atoms with Crippen LogP contribution in [0.4, 0.5) is 14.5 Å². The van der Waals surface area contributed by atoms with E-state index in [1.807, 2.05) is 0 Å². The molecule has 0 aliphatic rings. The summed E-state index contributed by atoms with van der Waals surface area (Å²) in [7, 11) is 0. The topological polar surface area (TPSA) is 43.1 Å². The van der Waals surface area contributed by atoms with Crippen LogP contribution in [0.15, 0.2) is 36.4 Å². The molecule has 0 atom stereocenters. The number of aryl methyl sites for hydroxylation is 1. The number of hydrogen-bond donors (Lipinski definition) is 1. The molecule has 2 nitrogen and oxygen atoms in total. The van der Waals surface area contributed by atoms with E-state index in [1.54, 1.807) is 13.0 Å². The average molecular weight is 247 g/mol. The molecule has 4 heteroatoms. The molecule has 2 aromatic carbocycles. The Hall–Kier alpha value is -2.23. The zero-order chi connectivity index (χ0) is 13.3. The number of rotatable bonds is 2. The summed E-state index contributed by atoms with van der Waals surface area (Å²) in [6.45, 7) is 1.72. The summed E-state index contributed by atoms with van der Waals surface area (Å²) < 4.78 is 26.9. The van der Waals surface area contributed by atoms with Crippen LogP contribution in [0, 0.1) is 18.6 Å². The maximum absolute atomic E-state index is 13.6. The van der Waals surface area contributed by atoms with Crippen molar-refractivity contribution < 1.29 is 13.6 Å². The molecule has 0 aliphatic heterocycles. The fourth-order valence-electron chi connectivity index (χ4n) is 1.63. The fourth-order valence-corrected chi connectivity index (χ4v) is 1.63. The van der Waals surface area contributed by atoms with Crippen LogP contribution in [-0.2, 0) is 0 Å². The summed E-state index contributed by atoms with van der Waals surface area (Å²) >= 11 is 0. The van der Waals surface area contributed by atoms with Gasteiger partial charge in [0.05, 0.1) is 11.3 Å². The van der Waals surface area contributed by atoms with Crippen molar-refractivity contribution in [3.63, 3.8) is 0 Å². The normalized spacial score (nSPS) is 10.4. The maximum atomic E-state index is 13.6. The SMILES string of the molecule is Cc1ccc(C(=O)c2ccc(N)c(F)c2)c(F)c1. The van der Waals surface area contributed by atoms with Gasteiger partial charge in [0.25, 0.3) is 0 Å². The van der Waals surface area contributed by atoms with E-state index in [-0.39, 0.29) is 16.8 Å². The smallest absolute Gasteiger partial charge is 0.196 e. The molecule has 0 bridgehead atoms. The third-order valence-corrected chi connectivity index (χ3v) is 2.63. The van der Waals surface area contributed by atoms with E-state index in [9.17, 15) is 13.6 Å². The van der Waals surface area contributed by atoms with E-state index < -0.39 is 17.4 Å². The summed E-state index contributed by atoms with van der Waals surface area (Å²) in [4.78, 5) is 12.0. The van der Waals surface area contributed by atoms with Crippen LogP contribution in [0.2, 0.25) is 0 Å². The van der Waals surface area contributed by atoms with Gasteiger partial charge in [-0.3, -0.25) is 4.79 Å². The average Bonchev–Trinajstić information content (AvgIpc) is 2.32. The summed E-state index contributed by atoms with van der Waals surface area (Å²) in [6, 6.07) is 7.96. The van der Waals surface area contributed by atoms with Crippen molar-refractivity contribution in [2.24, 2.45) is 0 Å². The largest absolute Gasteiger partial charge is 0.396 e. The van der Waals surface area contributed by atoms with Crippen molar-refractivity contribution in [2.75, 3.05) is 5.73 Å². The van der Waals surface area contributed by atoms with Crippen molar-refractivity contribution in [3.05, 3.63) is 64.7 Å². The highest BCUT2D eigenvalue weighted by Crippen LogP contribution is 2.18. The predicted octanol–water partition coefficient (Wildman–Crippen LogP) is 3.09. The highest BCUT2D eigenvalue weighted by molar-refractivity contribution is 6.09. The van der Waals surface area contributed by atoms with E-state index in [1.165, 1.54) is 24.3 Å². The number of ketones is 1. The Morgan fingerprint density at radius 3 is 2.39 bits per heavy atom. The Morgan fingerprint density at radius 1 is 1.06 bits per heavy atom. The second-order valence-corrected chi connectivity index (χ2v) is 4.05. The zero-order valence-corrected chi connectivity index (χ0v) is 9.71. The van der Waals surface area contributed by atoms with Crippen LogP contribution < -0.4 is 5.73 Å². The Kier molecular flexibility index (Phi) is 3.10. The maximum Gasteiger partial charge on any atom is 0.196 e. The molecule has 92 valence electrons. The number of carbonyl (C=O) groups excluding carboxylic acids is 1. The molecule has 0 aliphatic carbocycles. The fraction of sp³-hybridized carbons (Fsp3) is 0.0714. The van der Waals surface area contributed by atoms with Crippen LogP contribution in [0.25, 0.3) is 0 Å². The number of halogens is 2. The molecule has 18 heavy (non-hydrogen) atoms. The lowest BCUT2D eigenvalue weighted by Gasteiger charge is -2.05. The quantitative estimate of drug-likeness (QED) is 0.654. The van der Waals surface area contributed by atoms with Crippen LogP contribution in [0.1, 0.15) is 21.5 Å². The van der Waals surface area contributed by atoms with E-state index in [4.69, 9.17) is 5.73 Å². The molecular weight excluding hydrogens is 236 g/mol. The predicted molar refractivity (Wildman–Crippen MR) is 65.4 cm³/mol. The van der Waals surface area contributed by atoms with Crippen LogP contribution in [0.3, 0.4) is 0 Å². The molecule has 0 heterocycles. The lowest BCUT2D eigenvalue weighted by molar-refractivity contribution is 0.103. The van der Waals surface area contributed by atoms with Gasteiger partial charge in [0.2, 0.25) is 0 Å². The molecule has 0 radical (unpaired) electrons. The molecule has 0 spiro atoms. The van der Waals surface area contributed by atoms with E-state index in [0.29, 0.717) is 5.56 Å². The first-order valence-electron chi connectivity index (χ1n) is 5.35. The first kappa shape index (κ1) is 12.2. The molecule has 0 saturated carbocycles. The Labute approximate surface area is 103 Å². The van der Waals surface area contributed by atoms with Gasteiger partial charge in [-0.2, -0.15) is 0 Å². The highest BCUT2D eigenvalue weighted by atomic mass is 19.1. The molecule has 2 rings (SSSR count). The number of benzene rings is 2. The third kappa shape index (κ3) is 2.22. The van der Waals surface area contributed by atoms with Gasteiger partial charge in [0.15, 0.2) is 5.78 Å².